The van der Waals surface area contributed by atoms with Crippen molar-refractivity contribution in [1.82, 2.24) is 15.3 Å². The van der Waals surface area contributed by atoms with Gasteiger partial charge in [0, 0.05) is 23.5 Å². The van der Waals surface area contributed by atoms with Crippen molar-refractivity contribution in [2.75, 3.05) is 6.54 Å². The molecular weight excluding hydrogens is 435 g/mol. The fourth-order valence-corrected chi connectivity index (χ4v) is 3.59. The molecule has 0 radical (unpaired) electrons. The number of benzene rings is 2. The van der Waals surface area contributed by atoms with Crippen molar-refractivity contribution < 1.29 is 9.59 Å². The van der Waals surface area contributed by atoms with Crippen LogP contribution in [0.2, 0.25) is 10.0 Å². The first-order chi connectivity index (χ1) is 14.9. The molecule has 31 heavy (non-hydrogen) atoms. The second kappa shape index (κ2) is 10.3. The van der Waals surface area contributed by atoms with Gasteiger partial charge in [-0.3, -0.25) is 9.59 Å². The molecule has 8 heteroatoms. The van der Waals surface area contributed by atoms with E-state index < -0.39 is 11.8 Å². The number of aromatic nitrogens is 1. The Balaban J connectivity index is 1.60. The molecule has 1 aromatic heterocycles. The molecule has 0 aliphatic heterocycles. The van der Waals surface area contributed by atoms with E-state index in [0.717, 1.165) is 28.2 Å². The summed E-state index contributed by atoms with van der Waals surface area (Å²) in [7, 11) is 0. The summed E-state index contributed by atoms with van der Waals surface area (Å²) in [4.78, 5) is 23.9. The fraction of sp³-hybridized carbons (Fsp3) is 0.174. The first kappa shape index (κ1) is 22.6. The summed E-state index contributed by atoms with van der Waals surface area (Å²) in [6.07, 6.45) is 2.13. The van der Waals surface area contributed by atoms with Crippen LogP contribution in [0.4, 0.5) is 0 Å². The standard InChI is InChI=1S/C23H22Cl2N4O2/c1-15-13-18(16(2)29(15)20-10-6-9-19(24)21(20)25)14-27-28-23(31)22(30)26-12-11-17-7-4-3-5-8-17/h3-10,13-14H,11-12H2,1-2H3,(H,26,30)(H,28,31)/b27-14-. The quantitative estimate of drug-likeness (QED) is 0.331. The molecule has 0 fully saturated rings. The van der Waals surface area contributed by atoms with Crippen LogP contribution < -0.4 is 10.7 Å². The Hall–Kier alpha value is -3.09. The molecule has 0 aliphatic carbocycles. The van der Waals surface area contributed by atoms with Gasteiger partial charge in [-0.15, -0.1) is 0 Å². The monoisotopic (exact) mass is 456 g/mol. The minimum absolute atomic E-state index is 0.363. The molecule has 2 N–H and O–H groups in total. The van der Waals surface area contributed by atoms with Crippen LogP contribution in [0.25, 0.3) is 5.69 Å². The molecule has 3 aromatic rings. The first-order valence-corrected chi connectivity index (χ1v) is 10.4. The molecule has 0 saturated heterocycles. The van der Waals surface area contributed by atoms with Crippen molar-refractivity contribution in [3.63, 3.8) is 0 Å². The van der Waals surface area contributed by atoms with E-state index in [2.05, 4.69) is 15.8 Å². The molecule has 6 nitrogen and oxygen atoms in total. The number of halogens is 2. The van der Waals surface area contributed by atoms with Crippen molar-refractivity contribution in [2.45, 2.75) is 20.3 Å². The smallest absolute Gasteiger partial charge is 0.329 e. The highest BCUT2D eigenvalue weighted by Crippen LogP contribution is 2.31. The van der Waals surface area contributed by atoms with E-state index >= 15 is 0 Å². The lowest BCUT2D eigenvalue weighted by Gasteiger charge is -2.12. The lowest BCUT2D eigenvalue weighted by Crippen LogP contribution is -2.38. The zero-order valence-corrected chi connectivity index (χ0v) is 18.7. The first-order valence-electron chi connectivity index (χ1n) is 9.67. The van der Waals surface area contributed by atoms with Gasteiger partial charge in [0.1, 0.15) is 0 Å². The Morgan fingerprint density at radius 2 is 1.77 bits per heavy atom. The number of hydrazone groups is 1. The van der Waals surface area contributed by atoms with Crippen molar-refractivity contribution >= 4 is 41.2 Å². The number of rotatable bonds is 6. The van der Waals surface area contributed by atoms with Crippen LogP contribution >= 0.6 is 23.2 Å². The number of hydrogen-bond acceptors (Lipinski definition) is 3. The summed E-state index contributed by atoms with van der Waals surface area (Å²) in [5.74, 6) is -1.56. The molecule has 0 bridgehead atoms. The molecule has 3 rings (SSSR count). The highest BCUT2D eigenvalue weighted by atomic mass is 35.5. The minimum Gasteiger partial charge on any atom is -0.347 e. The lowest BCUT2D eigenvalue weighted by atomic mass is 10.1. The van der Waals surface area contributed by atoms with Crippen LogP contribution in [0.1, 0.15) is 22.5 Å². The summed E-state index contributed by atoms with van der Waals surface area (Å²) >= 11 is 12.5. The SMILES string of the molecule is Cc1cc(/C=N\NC(=O)C(=O)NCCc2ccccc2)c(C)n1-c1cccc(Cl)c1Cl. The average Bonchev–Trinajstić information content (AvgIpc) is 3.04. The van der Waals surface area contributed by atoms with Gasteiger partial charge in [-0.1, -0.05) is 59.6 Å². The van der Waals surface area contributed by atoms with Crippen molar-refractivity contribution in [3.05, 3.63) is 87.2 Å². The van der Waals surface area contributed by atoms with Crippen LogP contribution in [-0.2, 0) is 16.0 Å². The van der Waals surface area contributed by atoms with Gasteiger partial charge < -0.3 is 9.88 Å². The maximum Gasteiger partial charge on any atom is 0.329 e. The van der Waals surface area contributed by atoms with E-state index in [0.29, 0.717) is 23.0 Å². The maximum absolute atomic E-state index is 12.0. The van der Waals surface area contributed by atoms with Crippen molar-refractivity contribution in [2.24, 2.45) is 5.10 Å². The van der Waals surface area contributed by atoms with E-state index in [1.807, 2.05) is 66.9 Å². The molecule has 160 valence electrons. The maximum atomic E-state index is 12.0. The molecule has 2 aromatic carbocycles. The Morgan fingerprint density at radius 1 is 1.03 bits per heavy atom. The zero-order chi connectivity index (χ0) is 22.4. The largest absolute Gasteiger partial charge is 0.347 e. The Bertz CT molecular complexity index is 1120. The Morgan fingerprint density at radius 3 is 2.52 bits per heavy atom. The lowest BCUT2D eigenvalue weighted by molar-refractivity contribution is -0.139. The molecular formula is C23H22Cl2N4O2. The van der Waals surface area contributed by atoms with Gasteiger partial charge in [0.2, 0.25) is 0 Å². The number of hydrogen-bond donors (Lipinski definition) is 2. The fourth-order valence-electron chi connectivity index (χ4n) is 3.21. The molecule has 0 spiro atoms. The van der Waals surface area contributed by atoms with Crippen LogP contribution in [0.5, 0.6) is 0 Å². The summed E-state index contributed by atoms with van der Waals surface area (Å²) < 4.78 is 1.95. The number of carbonyl (C=O) groups excluding carboxylic acids is 2. The Labute approximate surface area is 190 Å². The number of carbonyl (C=O) groups is 2. The third-order valence-corrected chi connectivity index (χ3v) is 5.57. The van der Waals surface area contributed by atoms with Gasteiger partial charge in [0.05, 0.1) is 21.9 Å². The number of nitrogens with one attached hydrogen (secondary N) is 2. The van der Waals surface area contributed by atoms with Crippen molar-refractivity contribution in [1.29, 1.82) is 0 Å². The van der Waals surface area contributed by atoms with E-state index in [-0.39, 0.29) is 0 Å². The summed E-state index contributed by atoms with van der Waals surface area (Å²) in [5, 5.41) is 7.42. The second-order valence-electron chi connectivity index (χ2n) is 6.93. The summed E-state index contributed by atoms with van der Waals surface area (Å²) in [6.45, 7) is 4.20. The van der Waals surface area contributed by atoms with Crippen molar-refractivity contribution in [3.8, 4) is 5.69 Å². The highest BCUT2D eigenvalue weighted by Gasteiger charge is 2.14. The molecule has 0 unspecified atom stereocenters. The topological polar surface area (TPSA) is 75.5 Å². The molecule has 0 aliphatic rings. The van der Waals surface area contributed by atoms with Gasteiger partial charge in [0.25, 0.3) is 0 Å². The van der Waals surface area contributed by atoms with Crippen LogP contribution in [0.15, 0.2) is 59.7 Å². The predicted octanol–water partition coefficient (Wildman–Crippen LogP) is 4.21. The van der Waals surface area contributed by atoms with E-state index in [9.17, 15) is 9.59 Å². The van der Waals surface area contributed by atoms with Crippen LogP contribution in [-0.4, -0.2) is 29.1 Å². The third-order valence-electron chi connectivity index (χ3n) is 4.76. The molecule has 2 amide bonds. The summed E-state index contributed by atoms with van der Waals surface area (Å²) in [5.41, 5.74) is 6.66. The minimum atomic E-state index is -0.823. The van der Waals surface area contributed by atoms with E-state index in [1.165, 1.54) is 6.21 Å². The van der Waals surface area contributed by atoms with Crippen LogP contribution in [0.3, 0.4) is 0 Å². The second-order valence-corrected chi connectivity index (χ2v) is 7.71. The third kappa shape index (κ3) is 5.54. The Kier molecular flexibility index (Phi) is 7.50. The van der Waals surface area contributed by atoms with Gasteiger partial charge in [0.15, 0.2) is 0 Å². The van der Waals surface area contributed by atoms with E-state index in [4.69, 9.17) is 23.2 Å². The number of aryl methyl sites for hydroxylation is 1. The van der Waals surface area contributed by atoms with E-state index in [1.54, 1.807) is 6.07 Å². The predicted molar refractivity (Wildman–Crippen MR) is 124 cm³/mol. The van der Waals surface area contributed by atoms with Gasteiger partial charge >= 0.3 is 11.8 Å². The molecule has 1 heterocycles. The zero-order valence-electron chi connectivity index (χ0n) is 17.2. The average molecular weight is 457 g/mol. The molecule has 0 atom stereocenters. The highest BCUT2D eigenvalue weighted by molar-refractivity contribution is 6.43. The molecule has 0 saturated carbocycles. The number of nitrogens with zero attached hydrogens (tertiary/aromatic N) is 2. The summed E-state index contributed by atoms with van der Waals surface area (Å²) in [6, 6.07) is 17.0. The number of amides is 2. The van der Waals surface area contributed by atoms with Gasteiger partial charge in [-0.25, -0.2) is 5.43 Å². The van der Waals surface area contributed by atoms with Gasteiger partial charge in [-0.05, 0) is 44.0 Å². The normalized spacial score (nSPS) is 11.0. The van der Waals surface area contributed by atoms with Crippen LogP contribution in [0, 0.1) is 13.8 Å². The van der Waals surface area contributed by atoms with Gasteiger partial charge in [-0.2, -0.15) is 5.10 Å².